The third kappa shape index (κ3) is 3.68. The Bertz CT molecular complexity index is 556. The van der Waals surface area contributed by atoms with Crippen LogP contribution in [0.25, 0.3) is 0 Å². The first-order chi connectivity index (χ1) is 9.11. The van der Waals surface area contributed by atoms with E-state index in [1.54, 1.807) is 12.3 Å². The van der Waals surface area contributed by atoms with Gasteiger partial charge in [0.05, 0.1) is 6.26 Å². The molecule has 2 rings (SSSR count). The third-order valence-electron chi connectivity index (χ3n) is 2.91. The van der Waals surface area contributed by atoms with E-state index in [0.717, 1.165) is 33.2 Å². The minimum absolute atomic E-state index is 0.125. The van der Waals surface area contributed by atoms with Crippen LogP contribution in [0.5, 0.6) is 0 Å². The lowest BCUT2D eigenvalue weighted by atomic mass is 10.0. The molecule has 0 fully saturated rings. The van der Waals surface area contributed by atoms with Crippen molar-refractivity contribution in [2.24, 2.45) is 0 Å². The van der Waals surface area contributed by atoms with Gasteiger partial charge in [0.25, 0.3) is 0 Å². The van der Waals surface area contributed by atoms with E-state index in [1.807, 2.05) is 6.07 Å². The molecule has 2 aromatic rings. The first-order valence-corrected chi connectivity index (χ1v) is 7.60. The number of hydrogen-bond donors (Lipinski definition) is 1. The lowest BCUT2D eigenvalue weighted by Crippen LogP contribution is -2.23. The fraction of sp³-hybridized carbons (Fsp3) is 0.286. The Hall–Kier alpha value is -0.650. The monoisotopic (exact) mass is 389 g/mol. The van der Waals surface area contributed by atoms with E-state index in [-0.39, 0.29) is 11.9 Å². The molecule has 0 saturated carbocycles. The molecule has 0 radical (unpaired) electrons. The predicted molar refractivity (Wildman–Crippen MR) is 80.6 cm³/mol. The van der Waals surface area contributed by atoms with E-state index in [4.69, 9.17) is 4.42 Å². The summed E-state index contributed by atoms with van der Waals surface area (Å²) in [5.41, 5.74) is 2.12. The van der Waals surface area contributed by atoms with Gasteiger partial charge in [-0.25, -0.2) is 4.39 Å². The van der Waals surface area contributed by atoms with E-state index in [0.29, 0.717) is 0 Å². The fourth-order valence-electron chi connectivity index (χ4n) is 2.00. The number of furan rings is 1. The second kappa shape index (κ2) is 6.68. The summed E-state index contributed by atoms with van der Waals surface area (Å²) in [5, 5.41) is 3.41. The molecule has 5 heteroatoms. The average molecular weight is 391 g/mol. The van der Waals surface area contributed by atoms with Gasteiger partial charge in [0.2, 0.25) is 0 Å². The molecule has 0 aliphatic carbocycles. The summed E-state index contributed by atoms with van der Waals surface area (Å²) in [5.74, 6) is -0.236. The summed E-state index contributed by atoms with van der Waals surface area (Å²) in [4.78, 5) is 0. The predicted octanol–water partition coefficient (Wildman–Crippen LogP) is 4.84. The molecule has 19 heavy (non-hydrogen) atoms. The fourth-order valence-corrected chi connectivity index (χ4v) is 3.03. The first kappa shape index (κ1) is 14.8. The van der Waals surface area contributed by atoms with Gasteiger partial charge in [0.15, 0.2) is 4.67 Å². The van der Waals surface area contributed by atoms with Crippen LogP contribution in [0, 0.1) is 5.82 Å². The third-order valence-corrected chi connectivity index (χ3v) is 4.29. The molecule has 1 aromatic heterocycles. The van der Waals surface area contributed by atoms with Gasteiger partial charge in [-0.3, -0.25) is 0 Å². The minimum atomic E-state index is -0.236. The first-order valence-electron chi connectivity index (χ1n) is 6.02. The van der Waals surface area contributed by atoms with Crippen molar-refractivity contribution >= 4 is 31.9 Å². The van der Waals surface area contributed by atoms with Crippen LogP contribution in [0.3, 0.4) is 0 Å². The van der Waals surface area contributed by atoms with Crippen LogP contribution in [0.1, 0.15) is 24.1 Å². The van der Waals surface area contributed by atoms with Crippen LogP contribution in [0.15, 0.2) is 44.1 Å². The highest BCUT2D eigenvalue weighted by molar-refractivity contribution is 9.10. The summed E-state index contributed by atoms with van der Waals surface area (Å²) in [6.45, 7) is 2.90. The van der Waals surface area contributed by atoms with E-state index in [1.165, 1.54) is 12.1 Å². The van der Waals surface area contributed by atoms with Crippen LogP contribution in [-0.2, 0) is 6.42 Å². The van der Waals surface area contributed by atoms with Gasteiger partial charge in [-0.1, -0.05) is 28.9 Å². The smallest absolute Gasteiger partial charge is 0.173 e. The molecule has 0 spiro atoms. The highest BCUT2D eigenvalue weighted by Crippen LogP contribution is 2.29. The Labute approximate surface area is 128 Å². The van der Waals surface area contributed by atoms with Crippen LogP contribution in [0.2, 0.25) is 0 Å². The Kier molecular flexibility index (Phi) is 5.19. The maximum atomic E-state index is 13.1. The number of halogens is 3. The van der Waals surface area contributed by atoms with Crippen molar-refractivity contribution in [3.8, 4) is 0 Å². The zero-order valence-electron chi connectivity index (χ0n) is 10.4. The topological polar surface area (TPSA) is 25.2 Å². The molecule has 0 aliphatic rings. The van der Waals surface area contributed by atoms with E-state index >= 15 is 0 Å². The standard InChI is InChI=1S/C14H14Br2FNO/c1-2-18-13(11-5-6-19-14(11)16)7-9-3-4-10(17)8-12(9)15/h3-6,8,13,18H,2,7H2,1H3. The van der Waals surface area contributed by atoms with Gasteiger partial charge in [-0.2, -0.15) is 0 Å². The van der Waals surface area contributed by atoms with E-state index in [2.05, 4.69) is 44.1 Å². The molecule has 1 N–H and O–H groups in total. The Morgan fingerprint density at radius 1 is 1.32 bits per heavy atom. The number of rotatable bonds is 5. The molecule has 0 amide bonds. The lowest BCUT2D eigenvalue weighted by molar-refractivity contribution is 0.506. The minimum Gasteiger partial charge on any atom is -0.457 e. The number of nitrogens with one attached hydrogen (secondary N) is 1. The molecule has 0 bridgehead atoms. The Morgan fingerprint density at radius 3 is 2.68 bits per heavy atom. The highest BCUT2D eigenvalue weighted by Gasteiger charge is 2.17. The summed E-state index contributed by atoms with van der Waals surface area (Å²) < 4.78 is 19.9. The van der Waals surface area contributed by atoms with Gasteiger partial charge < -0.3 is 9.73 Å². The van der Waals surface area contributed by atoms with Gasteiger partial charge in [-0.15, -0.1) is 0 Å². The number of benzene rings is 1. The molecule has 2 nitrogen and oxygen atoms in total. The van der Waals surface area contributed by atoms with Crippen LogP contribution in [0.4, 0.5) is 4.39 Å². The molecule has 1 unspecified atom stereocenters. The SMILES string of the molecule is CCNC(Cc1ccc(F)cc1Br)c1ccoc1Br. The molecule has 0 aliphatic heterocycles. The quantitative estimate of drug-likeness (QED) is 0.790. The van der Waals surface area contributed by atoms with Crippen molar-refractivity contribution < 1.29 is 8.81 Å². The molecule has 102 valence electrons. The molecule has 1 heterocycles. The van der Waals surface area contributed by atoms with Crippen molar-refractivity contribution in [3.05, 3.63) is 56.6 Å². The van der Waals surface area contributed by atoms with Gasteiger partial charge in [0.1, 0.15) is 5.82 Å². The molecule has 1 aromatic carbocycles. The summed E-state index contributed by atoms with van der Waals surface area (Å²) in [6, 6.07) is 6.84. The lowest BCUT2D eigenvalue weighted by Gasteiger charge is -2.18. The zero-order valence-corrected chi connectivity index (χ0v) is 13.6. The van der Waals surface area contributed by atoms with E-state index in [9.17, 15) is 4.39 Å². The molecular weight excluding hydrogens is 377 g/mol. The van der Waals surface area contributed by atoms with Crippen molar-refractivity contribution in [2.75, 3.05) is 6.54 Å². The van der Waals surface area contributed by atoms with Crippen molar-refractivity contribution in [3.63, 3.8) is 0 Å². The van der Waals surface area contributed by atoms with Crippen molar-refractivity contribution in [2.45, 2.75) is 19.4 Å². The normalized spacial score (nSPS) is 12.6. The van der Waals surface area contributed by atoms with Gasteiger partial charge in [-0.05, 0) is 52.7 Å². The average Bonchev–Trinajstić information content (AvgIpc) is 2.78. The second-order valence-corrected chi connectivity index (χ2v) is 5.77. The maximum Gasteiger partial charge on any atom is 0.173 e. The Morgan fingerprint density at radius 2 is 2.11 bits per heavy atom. The van der Waals surface area contributed by atoms with Crippen molar-refractivity contribution in [1.29, 1.82) is 0 Å². The molecule has 1 atom stereocenters. The largest absolute Gasteiger partial charge is 0.457 e. The Balaban J connectivity index is 2.24. The zero-order chi connectivity index (χ0) is 13.8. The van der Waals surface area contributed by atoms with Gasteiger partial charge in [0, 0.05) is 16.1 Å². The number of likely N-dealkylation sites (N-methyl/N-ethyl adjacent to an activating group) is 1. The summed E-state index contributed by atoms with van der Waals surface area (Å²) in [7, 11) is 0. The van der Waals surface area contributed by atoms with E-state index < -0.39 is 0 Å². The number of hydrogen-bond acceptors (Lipinski definition) is 2. The highest BCUT2D eigenvalue weighted by atomic mass is 79.9. The van der Waals surface area contributed by atoms with Crippen LogP contribution in [-0.4, -0.2) is 6.54 Å². The van der Waals surface area contributed by atoms with Crippen molar-refractivity contribution in [1.82, 2.24) is 5.32 Å². The maximum absolute atomic E-state index is 13.1. The van der Waals surface area contributed by atoms with Crippen LogP contribution >= 0.6 is 31.9 Å². The van der Waals surface area contributed by atoms with Gasteiger partial charge >= 0.3 is 0 Å². The molecular formula is C14H14Br2FNO. The summed E-state index contributed by atoms with van der Waals surface area (Å²) in [6.07, 6.45) is 2.41. The summed E-state index contributed by atoms with van der Waals surface area (Å²) >= 11 is 6.81. The van der Waals surface area contributed by atoms with Crippen LogP contribution < -0.4 is 5.32 Å². The molecule has 0 saturated heterocycles. The second-order valence-electron chi connectivity index (χ2n) is 4.20.